The molecule has 20 heavy (non-hydrogen) atoms. The average molecular weight is 301 g/mol. The summed E-state index contributed by atoms with van der Waals surface area (Å²) in [7, 11) is 3.63. The second kappa shape index (κ2) is 6.11. The summed E-state index contributed by atoms with van der Waals surface area (Å²) >= 11 is 0. The third-order valence-corrected chi connectivity index (χ3v) is 4.04. The molecule has 2 aliphatic heterocycles. The molecule has 2 N–H and O–H groups in total. The van der Waals surface area contributed by atoms with E-state index in [1.807, 2.05) is 13.2 Å². The normalized spacial score (nSPS) is 29.0. The first-order chi connectivity index (χ1) is 9.17. The molecule has 1 amide bonds. The van der Waals surface area contributed by atoms with Gasteiger partial charge in [-0.25, -0.2) is 0 Å². The average Bonchev–Trinajstić information content (AvgIpc) is 3.07. The van der Waals surface area contributed by atoms with Crippen LogP contribution >= 0.6 is 12.4 Å². The number of carbonyl (C=O) groups excluding carboxylic acids is 1. The summed E-state index contributed by atoms with van der Waals surface area (Å²) < 4.78 is 7.46. The highest BCUT2D eigenvalue weighted by Gasteiger charge is 2.42. The van der Waals surface area contributed by atoms with Gasteiger partial charge in [-0.3, -0.25) is 9.48 Å². The number of aromatic nitrogens is 2. The molecule has 3 rings (SSSR count). The van der Waals surface area contributed by atoms with Crippen molar-refractivity contribution in [2.75, 3.05) is 7.05 Å². The molecule has 4 atom stereocenters. The lowest BCUT2D eigenvalue weighted by atomic mass is 9.95. The van der Waals surface area contributed by atoms with E-state index in [1.54, 1.807) is 17.9 Å². The lowest BCUT2D eigenvalue weighted by molar-refractivity contribution is -0.124. The van der Waals surface area contributed by atoms with Crippen LogP contribution in [0, 0.1) is 0 Å². The van der Waals surface area contributed by atoms with Gasteiger partial charge >= 0.3 is 0 Å². The number of rotatable bonds is 4. The largest absolute Gasteiger partial charge is 0.373 e. The minimum atomic E-state index is -0.354. The van der Waals surface area contributed by atoms with Crippen LogP contribution in [0.5, 0.6) is 0 Å². The summed E-state index contributed by atoms with van der Waals surface area (Å²) in [5.74, 6) is -0.00310. The Bertz CT molecular complexity index is 479. The Kier molecular flexibility index (Phi) is 4.67. The summed E-state index contributed by atoms with van der Waals surface area (Å²) in [6.45, 7) is 0. The Morgan fingerprint density at radius 1 is 1.55 bits per heavy atom. The van der Waals surface area contributed by atoms with E-state index in [-0.39, 0.29) is 36.5 Å². The Morgan fingerprint density at radius 3 is 2.85 bits per heavy atom. The molecule has 0 aliphatic carbocycles. The van der Waals surface area contributed by atoms with Crippen LogP contribution in [0.25, 0.3) is 0 Å². The molecular weight excluding hydrogens is 280 g/mol. The highest BCUT2D eigenvalue weighted by Crippen LogP contribution is 2.34. The monoisotopic (exact) mass is 300 g/mol. The van der Waals surface area contributed by atoms with Crippen molar-refractivity contribution in [3.05, 3.63) is 18.0 Å². The van der Waals surface area contributed by atoms with Gasteiger partial charge < -0.3 is 15.4 Å². The van der Waals surface area contributed by atoms with Crippen molar-refractivity contribution in [2.45, 2.75) is 43.6 Å². The van der Waals surface area contributed by atoms with Crippen LogP contribution in [0.3, 0.4) is 0 Å². The molecule has 1 aromatic heterocycles. The Hall–Kier alpha value is -1.11. The SMILES string of the molecule is CNC(C(=O)NC1CC2CCC1O2)c1cnn(C)c1.Cl. The van der Waals surface area contributed by atoms with E-state index in [9.17, 15) is 4.79 Å². The lowest BCUT2D eigenvalue weighted by Crippen LogP contribution is -2.45. The summed E-state index contributed by atoms with van der Waals surface area (Å²) in [5, 5.41) is 10.3. The molecular formula is C13H21ClN4O2. The molecule has 2 saturated heterocycles. The molecule has 3 heterocycles. The third-order valence-electron chi connectivity index (χ3n) is 4.04. The van der Waals surface area contributed by atoms with Crippen molar-refractivity contribution in [1.82, 2.24) is 20.4 Å². The number of hydrogen-bond acceptors (Lipinski definition) is 4. The molecule has 4 unspecified atom stereocenters. The quantitative estimate of drug-likeness (QED) is 0.851. The zero-order valence-corrected chi connectivity index (χ0v) is 12.5. The van der Waals surface area contributed by atoms with E-state index in [2.05, 4.69) is 15.7 Å². The van der Waals surface area contributed by atoms with Gasteiger partial charge in [-0.1, -0.05) is 0 Å². The van der Waals surface area contributed by atoms with Crippen LogP contribution in [0.1, 0.15) is 30.9 Å². The maximum atomic E-state index is 12.4. The molecule has 2 aliphatic rings. The molecule has 7 heteroatoms. The smallest absolute Gasteiger partial charge is 0.242 e. The van der Waals surface area contributed by atoms with Crippen LogP contribution in [-0.4, -0.2) is 41.0 Å². The Morgan fingerprint density at radius 2 is 2.35 bits per heavy atom. The number of amides is 1. The van der Waals surface area contributed by atoms with E-state index in [1.165, 1.54) is 0 Å². The number of nitrogens with zero attached hydrogens (tertiary/aromatic N) is 2. The third kappa shape index (κ3) is 2.82. The zero-order valence-electron chi connectivity index (χ0n) is 11.7. The van der Waals surface area contributed by atoms with Crippen molar-refractivity contribution in [1.29, 1.82) is 0 Å². The molecule has 1 aromatic rings. The van der Waals surface area contributed by atoms with Gasteiger partial charge in [0.25, 0.3) is 0 Å². The predicted octanol–water partition coefficient (Wildman–Crippen LogP) is 0.538. The standard InChI is InChI=1S/C13H20N4O2.ClH/c1-14-12(8-6-15-17(2)7-8)13(18)16-10-5-9-3-4-11(10)19-9;/h6-7,9-12,14H,3-5H2,1-2H3,(H,16,18);1H. The maximum Gasteiger partial charge on any atom is 0.242 e. The van der Waals surface area contributed by atoms with Gasteiger partial charge in [-0.2, -0.15) is 5.10 Å². The second-order valence-electron chi connectivity index (χ2n) is 5.39. The number of likely N-dealkylation sites (N-methyl/N-ethyl adjacent to an activating group) is 1. The van der Waals surface area contributed by atoms with Crippen molar-refractivity contribution >= 4 is 18.3 Å². The number of fused-ring (bicyclic) bond motifs is 2. The fourth-order valence-electron chi connectivity index (χ4n) is 3.09. The number of halogens is 1. The van der Waals surface area contributed by atoms with E-state index >= 15 is 0 Å². The summed E-state index contributed by atoms with van der Waals surface area (Å²) in [4.78, 5) is 12.4. The molecule has 0 radical (unpaired) electrons. The van der Waals surface area contributed by atoms with Gasteiger partial charge in [0, 0.05) is 18.8 Å². The number of ether oxygens (including phenoxy) is 1. The molecule has 0 saturated carbocycles. The van der Waals surface area contributed by atoms with Crippen LogP contribution in [0.15, 0.2) is 12.4 Å². The molecule has 0 aromatic carbocycles. The van der Waals surface area contributed by atoms with Crippen molar-refractivity contribution in [2.24, 2.45) is 7.05 Å². The topological polar surface area (TPSA) is 68.2 Å². The van der Waals surface area contributed by atoms with E-state index in [0.717, 1.165) is 24.8 Å². The van der Waals surface area contributed by atoms with Gasteiger partial charge in [0.05, 0.1) is 24.4 Å². The molecule has 2 bridgehead atoms. The van der Waals surface area contributed by atoms with Crippen LogP contribution in [0.4, 0.5) is 0 Å². The zero-order chi connectivity index (χ0) is 13.4. The maximum absolute atomic E-state index is 12.4. The van der Waals surface area contributed by atoms with Crippen molar-refractivity contribution in [3.63, 3.8) is 0 Å². The lowest BCUT2D eigenvalue weighted by Gasteiger charge is -2.23. The van der Waals surface area contributed by atoms with E-state index in [0.29, 0.717) is 6.10 Å². The molecule has 0 spiro atoms. The number of aryl methyl sites for hydroxylation is 1. The van der Waals surface area contributed by atoms with E-state index in [4.69, 9.17) is 4.74 Å². The molecule has 2 fully saturated rings. The highest BCUT2D eigenvalue weighted by atomic mass is 35.5. The fraction of sp³-hybridized carbons (Fsp3) is 0.692. The first kappa shape index (κ1) is 15.3. The Balaban J connectivity index is 0.00000147. The Labute approximate surface area is 124 Å². The molecule has 112 valence electrons. The van der Waals surface area contributed by atoms with Gasteiger partial charge in [-0.15, -0.1) is 12.4 Å². The van der Waals surface area contributed by atoms with Crippen molar-refractivity contribution in [3.8, 4) is 0 Å². The van der Waals surface area contributed by atoms with Crippen LogP contribution < -0.4 is 10.6 Å². The fourth-order valence-corrected chi connectivity index (χ4v) is 3.09. The number of carbonyl (C=O) groups is 1. The minimum absolute atomic E-state index is 0. The van der Waals surface area contributed by atoms with Gasteiger partial charge in [0.15, 0.2) is 0 Å². The molecule has 6 nitrogen and oxygen atoms in total. The second-order valence-corrected chi connectivity index (χ2v) is 5.39. The van der Waals surface area contributed by atoms with Gasteiger partial charge in [0.2, 0.25) is 5.91 Å². The predicted molar refractivity (Wildman–Crippen MR) is 76.7 cm³/mol. The summed E-state index contributed by atoms with van der Waals surface area (Å²) in [6, 6.07) is -0.188. The van der Waals surface area contributed by atoms with Gasteiger partial charge in [-0.05, 0) is 26.3 Å². The highest BCUT2D eigenvalue weighted by molar-refractivity contribution is 5.85. The number of hydrogen-bond donors (Lipinski definition) is 2. The van der Waals surface area contributed by atoms with Crippen LogP contribution in [0.2, 0.25) is 0 Å². The number of nitrogens with one attached hydrogen (secondary N) is 2. The van der Waals surface area contributed by atoms with Gasteiger partial charge in [0.1, 0.15) is 6.04 Å². The van der Waals surface area contributed by atoms with E-state index < -0.39 is 0 Å². The van der Waals surface area contributed by atoms with Crippen molar-refractivity contribution < 1.29 is 9.53 Å². The summed E-state index contributed by atoms with van der Waals surface area (Å²) in [6.07, 6.45) is 7.28. The van der Waals surface area contributed by atoms with Crippen LogP contribution in [-0.2, 0) is 16.6 Å². The minimum Gasteiger partial charge on any atom is -0.373 e. The first-order valence-corrected chi connectivity index (χ1v) is 6.79. The summed E-state index contributed by atoms with van der Waals surface area (Å²) in [5.41, 5.74) is 0.881. The first-order valence-electron chi connectivity index (χ1n) is 6.79.